The highest BCUT2D eigenvalue weighted by Gasteiger charge is 2.34. The van der Waals surface area contributed by atoms with Crippen molar-refractivity contribution in [3.8, 4) is 5.75 Å². The molecule has 0 radical (unpaired) electrons. The number of carbonyl (C=O) groups excluding carboxylic acids is 1. The van der Waals surface area contributed by atoms with Gasteiger partial charge in [-0.1, -0.05) is 23.7 Å². The second-order valence-electron chi connectivity index (χ2n) is 6.16. The molecule has 1 saturated carbocycles. The number of hydrogen-bond acceptors (Lipinski definition) is 2. The van der Waals surface area contributed by atoms with Crippen molar-refractivity contribution in [1.82, 2.24) is 0 Å². The minimum absolute atomic E-state index is 0.00138. The predicted molar refractivity (Wildman–Crippen MR) is 95.6 cm³/mol. The van der Waals surface area contributed by atoms with Gasteiger partial charge in [-0.15, -0.1) is 0 Å². The van der Waals surface area contributed by atoms with E-state index >= 15 is 0 Å². The van der Waals surface area contributed by atoms with Gasteiger partial charge in [0.1, 0.15) is 12.3 Å². The van der Waals surface area contributed by atoms with E-state index in [1.54, 1.807) is 13.2 Å². The van der Waals surface area contributed by atoms with Gasteiger partial charge < -0.3 is 15.0 Å². The number of ether oxygens (including phenoxy) is 1. The van der Waals surface area contributed by atoms with Crippen LogP contribution in [0.25, 0.3) is 0 Å². The summed E-state index contributed by atoms with van der Waals surface area (Å²) in [6.45, 7) is 1.28. The summed E-state index contributed by atoms with van der Waals surface area (Å²) in [5.41, 5.74) is 1.88. The van der Waals surface area contributed by atoms with Crippen LogP contribution in [0.2, 0.25) is 5.02 Å². The largest absolute Gasteiger partial charge is 0.497 e. The summed E-state index contributed by atoms with van der Waals surface area (Å²) in [7, 11) is 1.66. The van der Waals surface area contributed by atoms with E-state index in [9.17, 15) is 4.79 Å². The third kappa shape index (κ3) is 4.49. The Hall–Kier alpha value is -2.04. The quantitative estimate of drug-likeness (QED) is 0.810. The molecule has 1 aliphatic rings. The lowest BCUT2D eigenvalue weighted by atomic mass is 10.2. The van der Waals surface area contributed by atoms with Crippen molar-refractivity contribution in [2.24, 2.45) is 0 Å². The zero-order valence-electron chi connectivity index (χ0n) is 13.7. The van der Waals surface area contributed by atoms with Crippen molar-refractivity contribution >= 4 is 23.2 Å². The minimum Gasteiger partial charge on any atom is -0.497 e. The molecule has 4 nitrogen and oxygen atoms in total. The third-order valence-electron chi connectivity index (χ3n) is 4.28. The van der Waals surface area contributed by atoms with Crippen LogP contribution in [-0.4, -0.2) is 25.6 Å². The van der Waals surface area contributed by atoms with Crippen LogP contribution in [0.1, 0.15) is 18.4 Å². The molecular weight excluding hydrogens is 324 g/mol. The fraction of sp³-hybridized carbons (Fsp3) is 0.316. The Morgan fingerprint density at radius 1 is 1.21 bits per heavy atom. The molecule has 1 aliphatic carbocycles. The second-order valence-corrected chi connectivity index (χ2v) is 6.57. The molecule has 1 amide bonds. The van der Waals surface area contributed by atoms with Crippen LogP contribution in [0.3, 0.4) is 0 Å². The summed E-state index contributed by atoms with van der Waals surface area (Å²) in [5.74, 6) is 0.849. The summed E-state index contributed by atoms with van der Waals surface area (Å²) in [6.07, 6.45) is 2.37. The minimum atomic E-state index is -0.00138. The zero-order valence-corrected chi connectivity index (χ0v) is 14.5. The second kappa shape index (κ2) is 7.69. The van der Waals surface area contributed by atoms with Gasteiger partial charge in [-0.3, -0.25) is 4.79 Å². The molecular formula is C19H22ClN2O2+. The molecule has 1 atom stereocenters. The Labute approximate surface area is 147 Å². The van der Waals surface area contributed by atoms with Crippen molar-refractivity contribution < 1.29 is 14.4 Å². The Balaban J connectivity index is 1.61. The van der Waals surface area contributed by atoms with Crippen molar-refractivity contribution in [2.75, 3.05) is 19.0 Å². The number of quaternary nitrogens is 1. The number of amides is 1. The lowest BCUT2D eigenvalue weighted by molar-refractivity contribution is -0.916. The SMILES string of the molecule is COc1ccc(C[NH+](CC(=O)Nc2ccccc2Cl)C2CC2)cc1. The number of anilines is 1. The van der Waals surface area contributed by atoms with E-state index < -0.39 is 0 Å². The van der Waals surface area contributed by atoms with E-state index in [1.165, 1.54) is 23.3 Å². The van der Waals surface area contributed by atoms with E-state index in [0.717, 1.165) is 12.3 Å². The number of carbonyl (C=O) groups is 1. The van der Waals surface area contributed by atoms with Crippen molar-refractivity contribution in [3.63, 3.8) is 0 Å². The number of hydrogen-bond donors (Lipinski definition) is 2. The maximum absolute atomic E-state index is 12.4. The number of nitrogens with one attached hydrogen (secondary N) is 2. The molecule has 2 aromatic carbocycles. The van der Waals surface area contributed by atoms with E-state index in [2.05, 4.69) is 17.4 Å². The molecule has 1 fully saturated rings. The third-order valence-corrected chi connectivity index (χ3v) is 4.61. The Morgan fingerprint density at radius 2 is 1.92 bits per heavy atom. The van der Waals surface area contributed by atoms with Gasteiger partial charge in [-0.2, -0.15) is 0 Å². The van der Waals surface area contributed by atoms with Crippen LogP contribution in [-0.2, 0) is 11.3 Å². The molecule has 1 unspecified atom stereocenters. The maximum Gasteiger partial charge on any atom is 0.279 e. The maximum atomic E-state index is 12.4. The van der Waals surface area contributed by atoms with Gasteiger partial charge in [0.15, 0.2) is 6.54 Å². The first-order chi connectivity index (χ1) is 11.7. The van der Waals surface area contributed by atoms with Crippen LogP contribution in [0, 0.1) is 0 Å². The van der Waals surface area contributed by atoms with Crippen molar-refractivity contribution in [3.05, 3.63) is 59.1 Å². The van der Waals surface area contributed by atoms with Gasteiger partial charge in [0, 0.05) is 18.4 Å². The van der Waals surface area contributed by atoms with Crippen LogP contribution in [0.4, 0.5) is 5.69 Å². The Morgan fingerprint density at radius 3 is 2.54 bits per heavy atom. The smallest absolute Gasteiger partial charge is 0.279 e. The lowest BCUT2D eigenvalue weighted by Crippen LogP contribution is -3.13. The first kappa shape index (κ1) is 16.8. The van der Waals surface area contributed by atoms with E-state index in [4.69, 9.17) is 16.3 Å². The molecule has 0 aliphatic heterocycles. The van der Waals surface area contributed by atoms with Gasteiger partial charge in [0.25, 0.3) is 5.91 Å². The summed E-state index contributed by atoms with van der Waals surface area (Å²) < 4.78 is 5.19. The highest BCUT2D eigenvalue weighted by molar-refractivity contribution is 6.33. The summed E-state index contributed by atoms with van der Waals surface area (Å²) in [5, 5.41) is 3.48. The number of para-hydroxylation sites is 1. The molecule has 126 valence electrons. The first-order valence-electron chi connectivity index (χ1n) is 8.17. The zero-order chi connectivity index (χ0) is 16.9. The summed E-state index contributed by atoms with van der Waals surface area (Å²) in [4.78, 5) is 13.7. The highest BCUT2D eigenvalue weighted by Crippen LogP contribution is 2.20. The predicted octanol–water partition coefficient (Wildman–Crippen LogP) is 2.53. The summed E-state index contributed by atoms with van der Waals surface area (Å²) in [6, 6.07) is 15.9. The average molecular weight is 346 g/mol. The number of rotatable bonds is 7. The normalized spacial score (nSPS) is 14.9. The molecule has 0 heterocycles. The molecule has 0 aromatic heterocycles. The van der Waals surface area contributed by atoms with Crippen LogP contribution in [0.5, 0.6) is 5.75 Å². The topological polar surface area (TPSA) is 42.8 Å². The van der Waals surface area contributed by atoms with Crippen molar-refractivity contribution in [2.45, 2.75) is 25.4 Å². The lowest BCUT2D eigenvalue weighted by Gasteiger charge is -2.19. The van der Waals surface area contributed by atoms with Gasteiger partial charge in [0.2, 0.25) is 0 Å². The molecule has 0 saturated heterocycles. The van der Waals surface area contributed by atoms with Crippen LogP contribution >= 0.6 is 11.6 Å². The van der Waals surface area contributed by atoms with E-state index in [0.29, 0.717) is 23.3 Å². The van der Waals surface area contributed by atoms with Crippen LogP contribution in [0.15, 0.2) is 48.5 Å². The monoisotopic (exact) mass is 345 g/mol. The molecule has 5 heteroatoms. The van der Waals surface area contributed by atoms with Crippen molar-refractivity contribution in [1.29, 1.82) is 0 Å². The van der Waals surface area contributed by atoms with Gasteiger partial charge >= 0.3 is 0 Å². The number of halogens is 1. The Bertz CT molecular complexity index is 699. The van der Waals surface area contributed by atoms with E-state index in [-0.39, 0.29) is 5.91 Å². The highest BCUT2D eigenvalue weighted by atomic mass is 35.5. The average Bonchev–Trinajstić information content (AvgIpc) is 3.42. The fourth-order valence-electron chi connectivity index (χ4n) is 2.81. The standard InChI is InChI=1S/C19H21ClN2O2/c1-24-16-10-6-14(7-11-16)12-22(15-8-9-15)13-19(23)21-18-5-3-2-4-17(18)20/h2-7,10-11,15H,8-9,12-13H2,1H3,(H,21,23)/p+1. The molecule has 3 rings (SSSR count). The van der Waals surface area contributed by atoms with Gasteiger partial charge in [-0.05, 0) is 36.4 Å². The summed E-state index contributed by atoms with van der Waals surface area (Å²) >= 11 is 6.10. The first-order valence-corrected chi connectivity index (χ1v) is 8.55. The molecule has 2 aromatic rings. The Kier molecular flexibility index (Phi) is 5.38. The van der Waals surface area contributed by atoms with Gasteiger partial charge in [0.05, 0.1) is 23.9 Å². The number of methoxy groups -OCH3 is 1. The number of benzene rings is 2. The van der Waals surface area contributed by atoms with Crippen LogP contribution < -0.4 is 15.0 Å². The fourth-order valence-corrected chi connectivity index (χ4v) is 2.99. The molecule has 0 bridgehead atoms. The van der Waals surface area contributed by atoms with Gasteiger partial charge in [-0.25, -0.2) is 0 Å². The molecule has 2 N–H and O–H groups in total. The molecule has 0 spiro atoms. The van der Waals surface area contributed by atoms with E-state index in [1.807, 2.05) is 30.3 Å². The molecule has 24 heavy (non-hydrogen) atoms.